The molecule has 0 radical (unpaired) electrons. The predicted molar refractivity (Wildman–Crippen MR) is 76.2 cm³/mol. The number of aryl methyl sites for hydroxylation is 4. The van der Waals surface area contributed by atoms with Crippen LogP contribution >= 0.6 is 0 Å². The first-order valence-corrected chi connectivity index (χ1v) is 6.32. The molecule has 100 valence electrons. The van der Waals surface area contributed by atoms with Gasteiger partial charge in [-0.25, -0.2) is 0 Å². The van der Waals surface area contributed by atoms with E-state index >= 15 is 0 Å². The Balaban J connectivity index is 2.07. The van der Waals surface area contributed by atoms with Gasteiger partial charge in [-0.05, 0) is 31.9 Å². The number of carbonyl (C=O) groups excluding carboxylic acids is 1. The number of benzene rings is 1. The number of carbonyl (C=O) groups is 1. The van der Waals surface area contributed by atoms with E-state index in [1.807, 2.05) is 39.1 Å². The molecule has 0 saturated carbocycles. The third-order valence-electron chi connectivity index (χ3n) is 3.12. The fourth-order valence-corrected chi connectivity index (χ4v) is 2.13. The summed E-state index contributed by atoms with van der Waals surface area (Å²) in [5, 5.41) is 7.09. The molecule has 0 atom stereocenters. The summed E-state index contributed by atoms with van der Waals surface area (Å²) in [7, 11) is 1.82. The number of hydrogen-bond donors (Lipinski definition) is 1. The quantitative estimate of drug-likeness (QED) is 0.918. The van der Waals surface area contributed by atoms with Crippen LogP contribution in [-0.4, -0.2) is 15.7 Å². The smallest absolute Gasteiger partial charge is 0.229 e. The first kappa shape index (κ1) is 13.3. The Morgan fingerprint density at radius 3 is 2.58 bits per heavy atom. The predicted octanol–water partition coefficient (Wildman–Crippen LogP) is 2.53. The van der Waals surface area contributed by atoms with Crippen molar-refractivity contribution in [3.8, 4) is 0 Å². The minimum absolute atomic E-state index is 0.0186. The third-order valence-corrected chi connectivity index (χ3v) is 3.12. The van der Waals surface area contributed by atoms with Crippen molar-refractivity contribution >= 4 is 11.7 Å². The van der Waals surface area contributed by atoms with Crippen molar-refractivity contribution in [3.63, 3.8) is 0 Å². The van der Waals surface area contributed by atoms with Crippen molar-refractivity contribution in [2.75, 3.05) is 5.32 Å². The van der Waals surface area contributed by atoms with Crippen LogP contribution in [0.3, 0.4) is 0 Å². The molecule has 0 bridgehead atoms. The van der Waals surface area contributed by atoms with Crippen LogP contribution in [-0.2, 0) is 18.3 Å². The van der Waals surface area contributed by atoms with Crippen LogP contribution in [0.2, 0.25) is 0 Å². The van der Waals surface area contributed by atoms with Gasteiger partial charge in [0.2, 0.25) is 5.91 Å². The first-order valence-electron chi connectivity index (χ1n) is 6.32. The molecule has 0 unspecified atom stereocenters. The Bertz CT molecular complexity index is 614. The highest BCUT2D eigenvalue weighted by Crippen LogP contribution is 2.13. The van der Waals surface area contributed by atoms with Gasteiger partial charge in [0.1, 0.15) is 5.82 Å². The maximum absolute atomic E-state index is 12.0. The maximum Gasteiger partial charge on any atom is 0.229 e. The molecule has 1 N–H and O–H groups in total. The molecule has 0 fully saturated rings. The zero-order chi connectivity index (χ0) is 14.0. The van der Waals surface area contributed by atoms with Gasteiger partial charge >= 0.3 is 0 Å². The molecule has 1 aromatic carbocycles. The van der Waals surface area contributed by atoms with Gasteiger partial charge in [0.05, 0.1) is 12.1 Å². The summed E-state index contributed by atoms with van der Waals surface area (Å²) in [5.41, 5.74) is 4.31. The molecule has 4 heteroatoms. The first-order chi connectivity index (χ1) is 8.95. The maximum atomic E-state index is 12.0. The highest BCUT2D eigenvalue weighted by molar-refractivity contribution is 5.91. The molecule has 0 spiro atoms. The number of anilines is 1. The van der Waals surface area contributed by atoms with E-state index in [0.29, 0.717) is 6.42 Å². The average molecular weight is 257 g/mol. The van der Waals surface area contributed by atoms with Gasteiger partial charge in [0.25, 0.3) is 0 Å². The normalized spacial score (nSPS) is 10.5. The van der Waals surface area contributed by atoms with Gasteiger partial charge in [-0.1, -0.05) is 23.8 Å². The van der Waals surface area contributed by atoms with Gasteiger partial charge in [0, 0.05) is 13.1 Å². The van der Waals surface area contributed by atoms with E-state index in [1.54, 1.807) is 4.68 Å². The molecular weight excluding hydrogens is 238 g/mol. The minimum Gasteiger partial charge on any atom is -0.311 e. The molecule has 0 aliphatic carbocycles. The number of hydrogen-bond acceptors (Lipinski definition) is 2. The molecule has 0 saturated heterocycles. The zero-order valence-electron chi connectivity index (χ0n) is 11.8. The van der Waals surface area contributed by atoms with E-state index in [2.05, 4.69) is 23.4 Å². The van der Waals surface area contributed by atoms with Crippen molar-refractivity contribution in [1.29, 1.82) is 0 Å². The average Bonchev–Trinajstić information content (AvgIpc) is 2.61. The van der Waals surface area contributed by atoms with Gasteiger partial charge in [-0.3, -0.25) is 9.48 Å². The highest BCUT2D eigenvalue weighted by atomic mass is 16.1. The van der Waals surface area contributed by atoms with Crippen molar-refractivity contribution in [1.82, 2.24) is 9.78 Å². The van der Waals surface area contributed by atoms with E-state index in [4.69, 9.17) is 0 Å². The summed E-state index contributed by atoms with van der Waals surface area (Å²) in [6, 6.07) is 8.00. The molecule has 0 aliphatic rings. The van der Waals surface area contributed by atoms with Gasteiger partial charge in [-0.2, -0.15) is 5.10 Å². The number of rotatable bonds is 3. The second-order valence-electron chi connectivity index (χ2n) is 4.95. The number of nitrogens with zero attached hydrogens (tertiary/aromatic N) is 2. The summed E-state index contributed by atoms with van der Waals surface area (Å²) in [6.45, 7) is 5.98. The topological polar surface area (TPSA) is 46.9 Å². The summed E-state index contributed by atoms with van der Waals surface area (Å²) >= 11 is 0. The lowest BCUT2D eigenvalue weighted by atomic mass is 10.0. The Labute approximate surface area is 113 Å². The van der Waals surface area contributed by atoms with Gasteiger partial charge in [-0.15, -0.1) is 0 Å². The van der Waals surface area contributed by atoms with Crippen molar-refractivity contribution in [3.05, 3.63) is 46.6 Å². The minimum atomic E-state index is -0.0186. The fourth-order valence-electron chi connectivity index (χ4n) is 2.13. The second-order valence-corrected chi connectivity index (χ2v) is 4.95. The molecule has 4 nitrogen and oxygen atoms in total. The molecule has 1 heterocycles. The standard InChI is InChI=1S/C15H19N3O/c1-10-5-6-13(11(2)7-10)9-15(19)16-14-8-12(3)17-18(14)4/h5-8H,9H2,1-4H3,(H,16,19). The molecule has 0 aliphatic heterocycles. The highest BCUT2D eigenvalue weighted by Gasteiger charge is 2.09. The molecule has 19 heavy (non-hydrogen) atoms. The van der Waals surface area contributed by atoms with Crippen LogP contribution in [0.1, 0.15) is 22.4 Å². The summed E-state index contributed by atoms with van der Waals surface area (Å²) < 4.78 is 1.68. The molecule has 1 aromatic heterocycles. The van der Waals surface area contributed by atoms with Crippen LogP contribution in [0.25, 0.3) is 0 Å². The Morgan fingerprint density at radius 2 is 2.00 bits per heavy atom. The van der Waals surface area contributed by atoms with Gasteiger partial charge < -0.3 is 5.32 Å². The zero-order valence-corrected chi connectivity index (χ0v) is 11.8. The lowest BCUT2D eigenvalue weighted by Crippen LogP contribution is -2.17. The van der Waals surface area contributed by atoms with E-state index in [9.17, 15) is 4.79 Å². The van der Waals surface area contributed by atoms with Crippen molar-refractivity contribution < 1.29 is 4.79 Å². The van der Waals surface area contributed by atoms with Gasteiger partial charge in [0.15, 0.2) is 0 Å². The van der Waals surface area contributed by atoms with E-state index in [-0.39, 0.29) is 5.91 Å². The van der Waals surface area contributed by atoms with Crippen LogP contribution in [0.15, 0.2) is 24.3 Å². The Hall–Kier alpha value is -2.10. The van der Waals surface area contributed by atoms with Crippen LogP contribution in [0.5, 0.6) is 0 Å². The fraction of sp³-hybridized carbons (Fsp3) is 0.333. The molecular formula is C15H19N3O. The monoisotopic (exact) mass is 257 g/mol. The summed E-state index contributed by atoms with van der Waals surface area (Å²) in [5.74, 6) is 0.710. The summed E-state index contributed by atoms with van der Waals surface area (Å²) in [4.78, 5) is 12.0. The molecule has 1 amide bonds. The van der Waals surface area contributed by atoms with Crippen LogP contribution in [0, 0.1) is 20.8 Å². The Kier molecular flexibility index (Phi) is 3.69. The lowest BCUT2D eigenvalue weighted by Gasteiger charge is -2.08. The number of nitrogens with one attached hydrogen (secondary N) is 1. The number of amides is 1. The van der Waals surface area contributed by atoms with Crippen molar-refractivity contribution in [2.45, 2.75) is 27.2 Å². The lowest BCUT2D eigenvalue weighted by molar-refractivity contribution is -0.115. The van der Waals surface area contributed by atoms with Crippen molar-refractivity contribution in [2.24, 2.45) is 7.05 Å². The second kappa shape index (κ2) is 5.26. The molecule has 2 aromatic rings. The molecule has 2 rings (SSSR count). The number of aromatic nitrogens is 2. The SMILES string of the molecule is Cc1ccc(CC(=O)Nc2cc(C)nn2C)c(C)c1. The van der Waals surface area contributed by atoms with E-state index in [0.717, 1.165) is 22.6 Å². The summed E-state index contributed by atoms with van der Waals surface area (Å²) in [6.07, 6.45) is 0.385. The largest absolute Gasteiger partial charge is 0.311 e. The third kappa shape index (κ3) is 3.22. The van der Waals surface area contributed by atoms with E-state index < -0.39 is 0 Å². The van der Waals surface area contributed by atoms with E-state index in [1.165, 1.54) is 5.56 Å². The Morgan fingerprint density at radius 1 is 1.26 bits per heavy atom. The van der Waals surface area contributed by atoms with Crippen LogP contribution in [0.4, 0.5) is 5.82 Å². The van der Waals surface area contributed by atoms with Crippen LogP contribution < -0.4 is 5.32 Å².